The van der Waals surface area contributed by atoms with Gasteiger partial charge >= 0.3 is 0 Å². The van der Waals surface area contributed by atoms with Gasteiger partial charge in [0.05, 0.1) is 23.0 Å². The van der Waals surface area contributed by atoms with Crippen LogP contribution in [0.15, 0.2) is 35.5 Å². The summed E-state index contributed by atoms with van der Waals surface area (Å²) in [6.07, 6.45) is 3.45. The number of thiazole rings is 1. The van der Waals surface area contributed by atoms with Crippen molar-refractivity contribution in [2.75, 3.05) is 36.2 Å². The summed E-state index contributed by atoms with van der Waals surface area (Å²) in [6.45, 7) is 6.17. The first-order chi connectivity index (χ1) is 13.5. The maximum Gasteiger partial charge on any atom is 0.237 e. The highest BCUT2D eigenvalue weighted by Gasteiger charge is 2.28. The number of anilines is 1. The maximum atomic E-state index is 12.7. The van der Waals surface area contributed by atoms with E-state index in [4.69, 9.17) is 0 Å². The molecule has 0 radical (unpaired) electrons. The van der Waals surface area contributed by atoms with Gasteiger partial charge in [-0.15, -0.1) is 35.3 Å². The summed E-state index contributed by atoms with van der Waals surface area (Å²) in [4.78, 5) is 9.98. The van der Waals surface area contributed by atoms with Crippen LogP contribution in [0.25, 0.3) is 0 Å². The monoisotopic (exact) mass is 549 g/mol. The SMILES string of the molecule is CCNC(=NCCS(=O)(=O)N1CCc2ccccc21)NCCc1ncc(C)s1.I. The highest BCUT2D eigenvalue weighted by molar-refractivity contribution is 14.0. The number of benzene rings is 1. The molecule has 2 heterocycles. The van der Waals surface area contributed by atoms with Gasteiger partial charge in [-0.1, -0.05) is 18.2 Å². The van der Waals surface area contributed by atoms with Gasteiger partial charge in [0.25, 0.3) is 0 Å². The summed E-state index contributed by atoms with van der Waals surface area (Å²) >= 11 is 1.69. The van der Waals surface area contributed by atoms with Crippen molar-refractivity contribution in [3.63, 3.8) is 0 Å². The van der Waals surface area contributed by atoms with E-state index in [1.807, 2.05) is 44.3 Å². The third kappa shape index (κ3) is 6.54. The second-order valence-corrected chi connectivity index (χ2v) is 9.90. The van der Waals surface area contributed by atoms with E-state index in [0.717, 1.165) is 29.1 Å². The van der Waals surface area contributed by atoms with Crippen molar-refractivity contribution >= 4 is 57.0 Å². The van der Waals surface area contributed by atoms with Crippen molar-refractivity contribution in [1.82, 2.24) is 15.6 Å². The number of nitrogens with zero attached hydrogens (tertiary/aromatic N) is 3. The van der Waals surface area contributed by atoms with Gasteiger partial charge in [-0.3, -0.25) is 9.30 Å². The Morgan fingerprint density at radius 2 is 2.10 bits per heavy atom. The fraction of sp³-hybridized carbons (Fsp3) is 0.474. The van der Waals surface area contributed by atoms with E-state index >= 15 is 0 Å². The number of rotatable bonds is 8. The summed E-state index contributed by atoms with van der Waals surface area (Å²) < 4.78 is 27.0. The molecule has 160 valence electrons. The number of aryl methyl sites for hydroxylation is 1. The Labute approximate surface area is 194 Å². The minimum atomic E-state index is -3.38. The van der Waals surface area contributed by atoms with Crippen molar-refractivity contribution in [2.24, 2.45) is 4.99 Å². The van der Waals surface area contributed by atoms with Crippen molar-refractivity contribution < 1.29 is 8.42 Å². The summed E-state index contributed by atoms with van der Waals surface area (Å²) in [5, 5.41) is 7.49. The third-order valence-corrected chi connectivity index (χ3v) is 7.17. The number of nitrogens with one attached hydrogen (secondary N) is 2. The van der Waals surface area contributed by atoms with E-state index < -0.39 is 10.0 Å². The van der Waals surface area contributed by atoms with Crippen LogP contribution in [0.2, 0.25) is 0 Å². The molecule has 2 aromatic rings. The predicted molar refractivity (Wildman–Crippen MR) is 131 cm³/mol. The summed E-state index contributed by atoms with van der Waals surface area (Å²) in [5.74, 6) is 0.622. The number of hydrogen-bond donors (Lipinski definition) is 2. The number of halogens is 1. The Bertz CT molecular complexity index is 930. The van der Waals surface area contributed by atoms with E-state index in [1.165, 1.54) is 9.18 Å². The number of aliphatic imine (C=N–C) groups is 1. The first-order valence-electron chi connectivity index (χ1n) is 9.51. The molecule has 1 aliphatic heterocycles. The van der Waals surface area contributed by atoms with E-state index in [1.54, 1.807) is 11.3 Å². The van der Waals surface area contributed by atoms with Gasteiger partial charge in [0.2, 0.25) is 10.0 Å². The molecule has 0 amide bonds. The van der Waals surface area contributed by atoms with Crippen LogP contribution < -0.4 is 14.9 Å². The van der Waals surface area contributed by atoms with Gasteiger partial charge in [-0.2, -0.15) is 0 Å². The smallest absolute Gasteiger partial charge is 0.237 e. The Balaban J connectivity index is 0.00000300. The zero-order chi connectivity index (χ0) is 20.0. The van der Waals surface area contributed by atoms with Crippen LogP contribution in [-0.4, -0.2) is 51.3 Å². The lowest BCUT2D eigenvalue weighted by molar-refractivity contribution is 0.592. The molecule has 0 aliphatic carbocycles. The van der Waals surface area contributed by atoms with Crippen LogP contribution in [0, 0.1) is 6.92 Å². The number of hydrogen-bond acceptors (Lipinski definition) is 5. The van der Waals surface area contributed by atoms with Gasteiger partial charge in [0.15, 0.2) is 5.96 Å². The minimum Gasteiger partial charge on any atom is -0.357 e. The normalized spacial score (nSPS) is 13.7. The molecule has 29 heavy (non-hydrogen) atoms. The van der Waals surface area contributed by atoms with Gasteiger partial charge in [0.1, 0.15) is 0 Å². The fourth-order valence-corrected chi connectivity index (χ4v) is 5.30. The maximum absolute atomic E-state index is 12.7. The molecule has 1 aromatic heterocycles. The summed E-state index contributed by atoms with van der Waals surface area (Å²) in [6, 6.07) is 7.68. The van der Waals surface area contributed by atoms with Crippen LogP contribution in [-0.2, 0) is 22.9 Å². The van der Waals surface area contributed by atoms with Gasteiger partial charge in [-0.25, -0.2) is 13.4 Å². The second-order valence-electron chi connectivity index (χ2n) is 6.57. The van der Waals surface area contributed by atoms with Crippen LogP contribution in [0.3, 0.4) is 0 Å². The highest BCUT2D eigenvalue weighted by atomic mass is 127. The molecule has 10 heteroatoms. The molecular formula is C19H28IN5O2S2. The van der Waals surface area contributed by atoms with Crippen molar-refractivity contribution in [3.8, 4) is 0 Å². The minimum absolute atomic E-state index is 0. The number of aromatic nitrogens is 1. The molecular weight excluding hydrogens is 521 g/mol. The van der Waals surface area contributed by atoms with Gasteiger partial charge < -0.3 is 10.6 Å². The van der Waals surface area contributed by atoms with E-state index in [9.17, 15) is 8.42 Å². The molecule has 0 saturated carbocycles. The Kier molecular flexibility index (Phi) is 9.15. The van der Waals surface area contributed by atoms with Crippen LogP contribution >= 0.6 is 35.3 Å². The summed E-state index contributed by atoms with van der Waals surface area (Å²) in [7, 11) is -3.38. The van der Waals surface area contributed by atoms with E-state index in [2.05, 4.69) is 20.6 Å². The molecule has 1 aliphatic rings. The number of para-hydroxylation sites is 1. The van der Waals surface area contributed by atoms with Crippen LogP contribution in [0.5, 0.6) is 0 Å². The van der Waals surface area contributed by atoms with Crippen molar-refractivity contribution in [3.05, 3.63) is 45.9 Å². The number of fused-ring (bicyclic) bond motifs is 1. The highest BCUT2D eigenvalue weighted by Crippen LogP contribution is 2.29. The van der Waals surface area contributed by atoms with E-state index in [0.29, 0.717) is 25.6 Å². The summed E-state index contributed by atoms with van der Waals surface area (Å²) in [5.41, 5.74) is 1.89. The lowest BCUT2D eigenvalue weighted by atomic mass is 10.2. The van der Waals surface area contributed by atoms with Crippen LogP contribution in [0.4, 0.5) is 5.69 Å². The zero-order valence-corrected chi connectivity index (χ0v) is 20.7. The quantitative estimate of drug-likeness (QED) is 0.301. The van der Waals surface area contributed by atoms with Gasteiger partial charge in [0, 0.05) is 37.1 Å². The molecule has 0 spiro atoms. The number of sulfonamides is 1. The molecule has 0 unspecified atom stereocenters. The third-order valence-electron chi connectivity index (χ3n) is 4.44. The first kappa shape index (κ1) is 23.9. The predicted octanol–water partition coefficient (Wildman–Crippen LogP) is 2.56. The topological polar surface area (TPSA) is 86.7 Å². The second kappa shape index (κ2) is 11.1. The van der Waals surface area contributed by atoms with Crippen molar-refractivity contribution in [1.29, 1.82) is 0 Å². The molecule has 2 N–H and O–H groups in total. The number of guanidine groups is 1. The van der Waals surface area contributed by atoms with Crippen LogP contribution in [0.1, 0.15) is 22.4 Å². The average molecular weight is 550 g/mol. The largest absolute Gasteiger partial charge is 0.357 e. The Morgan fingerprint density at radius 1 is 1.31 bits per heavy atom. The zero-order valence-electron chi connectivity index (χ0n) is 16.7. The Morgan fingerprint density at radius 3 is 2.83 bits per heavy atom. The molecule has 0 bridgehead atoms. The first-order valence-corrected chi connectivity index (χ1v) is 11.9. The molecule has 0 atom stereocenters. The average Bonchev–Trinajstić information content (AvgIpc) is 3.28. The lowest BCUT2D eigenvalue weighted by Crippen LogP contribution is -2.39. The lowest BCUT2D eigenvalue weighted by Gasteiger charge is -2.19. The van der Waals surface area contributed by atoms with Crippen molar-refractivity contribution in [2.45, 2.75) is 26.7 Å². The Hall–Kier alpha value is -1.40. The molecule has 3 rings (SSSR count). The molecule has 0 saturated heterocycles. The standard InChI is InChI=1S/C19H27N5O2S2.HI/c1-3-20-19(21-10-8-18-23-14-15(2)27-18)22-11-13-28(25,26)24-12-9-16-6-4-5-7-17(16)24;/h4-7,14H,3,8-13H2,1-2H3,(H2,20,21,22);1H. The molecule has 0 fully saturated rings. The van der Waals surface area contributed by atoms with E-state index in [-0.39, 0.29) is 36.3 Å². The molecule has 1 aromatic carbocycles. The van der Waals surface area contributed by atoms with Gasteiger partial charge in [-0.05, 0) is 31.9 Å². The molecule has 7 nitrogen and oxygen atoms in total. The fourth-order valence-electron chi connectivity index (χ4n) is 3.13.